The number of benzene rings is 2. The van der Waals surface area contributed by atoms with E-state index in [1.807, 2.05) is 66.9 Å². The fourth-order valence-electron chi connectivity index (χ4n) is 5.70. The number of carbonyl (C=O) groups excluding carboxylic acids is 3. The van der Waals surface area contributed by atoms with Gasteiger partial charge in [0, 0.05) is 29.4 Å². The van der Waals surface area contributed by atoms with E-state index < -0.39 is 12.0 Å². The van der Waals surface area contributed by atoms with Gasteiger partial charge in [0.25, 0.3) is 5.91 Å². The molecule has 2 aliphatic heterocycles. The smallest absolute Gasteiger partial charge is 0.355 e. The third kappa shape index (κ3) is 6.19. The highest BCUT2D eigenvalue weighted by Gasteiger charge is 2.54. The van der Waals surface area contributed by atoms with Crippen LogP contribution in [0, 0.1) is 0 Å². The molecule has 42 heavy (non-hydrogen) atoms. The molecule has 2 atom stereocenters. The zero-order chi connectivity index (χ0) is 28.3. The minimum atomic E-state index is -0.684. The molecule has 2 aromatic carbocycles. The second-order valence-electron chi connectivity index (χ2n) is 10.5. The van der Waals surface area contributed by atoms with Crippen LogP contribution in [0.1, 0.15) is 28.8 Å². The molecule has 1 N–H and O–H groups in total. The maximum Gasteiger partial charge on any atom is 0.355 e. The second kappa shape index (κ2) is 13.3. The number of thioether (sulfide) groups is 1. The number of esters is 1. The Balaban J connectivity index is 0.00000353. The van der Waals surface area contributed by atoms with Crippen molar-refractivity contribution in [1.29, 1.82) is 0 Å². The van der Waals surface area contributed by atoms with Crippen LogP contribution >= 0.6 is 11.8 Å². The summed E-state index contributed by atoms with van der Waals surface area (Å²) in [5.74, 6) is 0.237. The van der Waals surface area contributed by atoms with E-state index in [-0.39, 0.29) is 54.2 Å². The summed E-state index contributed by atoms with van der Waals surface area (Å²) in [7, 11) is 1.60. The molecule has 1 aromatic heterocycles. The number of pyridine rings is 1. The van der Waals surface area contributed by atoms with Crippen LogP contribution in [0.3, 0.4) is 0 Å². The second-order valence-corrected chi connectivity index (χ2v) is 11.6. The standard InChI is InChI=1S/C32H31N3O5S.HI/c1-39-25-14-12-22(13-15-25)19-40-32(38)29-24(18-34-16-6-10-23-9-5-11-26(23)34)20-41-31-28(30(37)35(29)31)33-27(36)17-21-7-3-2-4-8-21;/h2-4,6-8,10,12-16,28,31H,5,9,11,17-20H2,1H3;1H/t28-,31-;/m1./s1. The summed E-state index contributed by atoms with van der Waals surface area (Å²) in [5.41, 5.74) is 5.45. The first kappa shape index (κ1) is 30.1. The molecule has 10 heteroatoms. The lowest BCUT2D eigenvalue weighted by molar-refractivity contribution is -0.696. The Bertz CT molecular complexity index is 1510. The number of carbonyl (C=O) groups is 3. The van der Waals surface area contributed by atoms with Gasteiger partial charge in [0.05, 0.1) is 13.5 Å². The SMILES string of the molecule is COc1ccc(COC(=O)C2=C(C[n+]3cccc4c3CCC4)CS[C@@H]3[C@H](NC(=O)Cc4ccccc4)C(=O)N23)cc1.[I-]. The Morgan fingerprint density at radius 3 is 2.57 bits per heavy atom. The van der Waals surface area contributed by atoms with Gasteiger partial charge in [-0.05, 0) is 42.2 Å². The summed E-state index contributed by atoms with van der Waals surface area (Å²) >= 11 is 1.57. The Labute approximate surface area is 266 Å². The van der Waals surface area contributed by atoms with E-state index in [1.165, 1.54) is 16.2 Å². The van der Waals surface area contributed by atoms with Crippen molar-refractivity contribution >= 4 is 29.5 Å². The number of methoxy groups -OCH3 is 1. The van der Waals surface area contributed by atoms with Crippen LogP contribution in [0.25, 0.3) is 0 Å². The first-order chi connectivity index (χ1) is 20.0. The van der Waals surface area contributed by atoms with Crippen molar-refractivity contribution in [2.24, 2.45) is 0 Å². The molecule has 2 amide bonds. The molecule has 3 aromatic rings. The first-order valence-electron chi connectivity index (χ1n) is 13.8. The number of β-lactam (4-membered cyclic amide) rings is 1. The van der Waals surface area contributed by atoms with Crippen LogP contribution in [0.5, 0.6) is 5.75 Å². The number of rotatable bonds is 9. The molecule has 0 radical (unpaired) electrons. The number of nitrogens with one attached hydrogen (secondary N) is 1. The van der Waals surface area contributed by atoms with Gasteiger partial charge in [-0.1, -0.05) is 42.5 Å². The van der Waals surface area contributed by atoms with E-state index >= 15 is 0 Å². The van der Waals surface area contributed by atoms with Crippen LogP contribution in [-0.2, 0) is 51.5 Å². The molecule has 8 nitrogen and oxygen atoms in total. The van der Waals surface area contributed by atoms with Gasteiger partial charge in [0.1, 0.15) is 29.5 Å². The predicted octanol–water partition coefficient (Wildman–Crippen LogP) is 0.116. The molecular weight excluding hydrogens is 665 g/mol. The minimum Gasteiger partial charge on any atom is -1.00 e. The van der Waals surface area contributed by atoms with E-state index in [9.17, 15) is 14.4 Å². The topological polar surface area (TPSA) is 88.8 Å². The monoisotopic (exact) mass is 697 g/mol. The summed E-state index contributed by atoms with van der Waals surface area (Å²) in [6, 6.07) is 20.3. The van der Waals surface area contributed by atoms with Crippen molar-refractivity contribution in [3.63, 3.8) is 0 Å². The van der Waals surface area contributed by atoms with E-state index in [0.29, 0.717) is 18.0 Å². The number of ether oxygens (including phenoxy) is 2. The van der Waals surface area contributed by atoms with Gasteiger partial charge < -0.3 is 38.8 Å². The van der Waals surface area contributed by atoms with Crippen molar-refractivity contribution in [3.8, 4) is 5.75 Å². The average molecular weight is 698 g/mol. The maximum atomic E-state index is 13.6. The van der Waals surface area contributed by atoms with Gasteiger partial charge in [-0.3, -0.25) is 14.5 Å². The van der Waals surface area contributed by atoms with Gasteiger partial charge in [-0.2, -0.15) is 4.57 Å². The zero-order valence-electron chi connectivity index (χ0n) is 23.3. The third-order valence-corrected chi connectivity index (χ3v) is 9.13. The number of hydrogen-bond donors (Lipinski definition) is 1. The quantitative estimate of drug-likeness (QED) is 0.148. The molecule has 0 spiro atoms. The van der Waals surface area contributed by atoms with Gasteiger partial charge in [-0.25, -0.2) is 4.79 Å². The van der Waals surface area contributed by atoms with Crippen LogP contribution in [0.15, 0.2) is 84.2 Å². The Kier molecular flexibility index (Phi) is 9.52. The van der Waals surface area contributed by atoms with E-state index in [0.717, 1.165) is 41.7 Å². The molecular formula is C32H32IN3O5S. The van der Waals surface area contributed by atoms with Gasteiger partial charge in [0.15, 0.2) is 18.4 Å². The van der Waals surface area contributed by atoms with Crippen molar-refractivity contribution in [2.45, 2.75) is 50.3 Å². The highest BCUT2D eigenvalue weighted by molar-refractivity contribution is 8.00. The molecule has 1 saturated heterocycles. The fraction of sp³-hybridized carbons (Fsp3) is 0.312. The van der Waals surface area contributed by atoms with E-state index in [4.69, 9.17) is 9.47 Å². The molecule has 0 saturated carbocycles. The van der Waals surface area contributed by atoms with Crippen molar-refractivity contribution < 1.29 is 52.4 Å². The molecule has 218 valence electrons. The fourth-order valence-corrected chi connectivity index (χ4v) is 7.04. The zero-order valence-corrected chi connectivity index (χ0v) is 26.2. The summed E-state index contributed by atoms with van der Waals surface area (Å²) < 4.78 is 13.2. The molecule has 1 aliphatic carbocycles. The van der Waals surface area contributed by atoms with E-state index in [1.54, 1.807) is 18.9 Å². The van der Waals surface area contributed by atoms with Gasteiger partial charge >= 0.3 is 5.97 Å². The molecule has 6 rings (SSSR count). The lowest BCUT2D eigenvalue weighted by Gasteiger charge is -2.49. The first-order valence-corrected chi connectivity index (χ1v) is 14.9. The summed E-state index contributed by atoms with van der Waals surface area (Å²) in [6.45, 7) is 0.579. The highest BCUT2D eigenvalue weighted by Crippen LogP contribution is 2.41. The number of nitrogens with zero attached hydrogens (tertiary/aromatic N) is 2. The highest BCUT2D eigenvalue weighted by atomic mass is 127. The Morgan fingerprint density at radius 1 is 1.02 bits per heavy atom. The summed E-state index contributed by atoms with van der Waals surface area (Å²) in [6.07, 6.45) is 5.39. The van der Waals surface area contributed by atoms with Crippen molar-refractivity contribution in [1.82, 2.24) is 10.2 Å². The Morgan fingerprint density at radius 2 is 1.81 bits per heavy atom. The number of aromatic nitrogens is 1. The molecule has 3 heterocycles. The van der Waals surface area contributed by atoms with Crippen LogP contribution < -0.4 is 38.6 Å². The molecule has 0 unspecified atom stereocenters. The summed E-state index contributed by atoms with van der Waals surface area (Å²) in [4.78, 5) is 41.4. The minimum absolute atomic E-state index is 0. The number of halogens is 1. The number of aryl methyl sites for hydroxylation is 1. The van der Waals surface area contributed by atoms with Gasteiger partial charge in [-0.15, -0.1) is 11.8 Å². The van der Waals surface area contributed by atoms with Crippen molar-refractivity contribution in [2.75, 3.05) is 12.9 Å². The Hall–Kier alpha value is -3.38. The normalized spacial score (nSPS) is 18.8. The molecule has 1 fully saturated rings. The predicted molar refractivity (Wildman–Crippen MR) is 154 cm³/mol. The molecule has 0 bridgehead atoms. The largest absolute Gasteiger partial charge is 1.00 e. The number of hydrogen-bond acceptors (Lipinski definition) is 6. The third-order valence-electron chi connectivity index (χ3n) is 7.80. The number of fused-ring (bicyclic) bond motifs is 2. The lowest BCUT2D eigenvalue weighted by Crippen LogP contribution is -3.00. The van der Waals surface area contributed by atoms with Crippen LogP contribution in [0.4, 0.5) is 0 Å². The van der Waals surface area contributed by atoms with Crippen LogP contribution in [0.2, 0.25) is 0 Å². The maximum absolute atomic E-state index is 13.6. The molecule has 3 aliphatic rings. The van der Waals surface area contributed by atoms with E-state index in [2.05, 4.69) is 16.0 Å². The number of amides is 2. The van der Waals surface area contributed by atoms with Crippen molar-refractivity contribution in [3.05, 3.63) is 107 Å². The summed E-state index contributed by atoms with van der Waals surface area (Å²) in [5, 5.41) is 2.54. The lowest BCUT2D eigenvalue weighted by atomic mass is 10.0. The van der Waals surface area contributed by atoms with Crippen LogP contribution in [-0.4, -0.2) is 47.0 Å². The average Bonchev–Trinajstić information content (AvgIpc) is 3.49. The van der Waals surface area contributed by atoms with Gasteiger partial charge in [0.2, 0.25) is 5.91 Å².